The number of aromatic amines is 1. The van der Waals surface area contributed by atoms with Gasteiger partial charge in [0.05, 0.1) is 12.7 Å². The third kappa shape index (κ3) is 3.16. The van der Waals surface area contributed by atoms with E-state index >= 15 is 0 Å². The monoisotopic (exact) mass is 376 g/mol. The van der Waals surface area contributed by atoms with E-state index in [1.54, 1.807) is 0 Å². The van der Waals surface area contributed by atoms with Crippen molar-refractivity contribution in [3.8, 4) is 0 Å². The van der Waals surface area contributed by atoms with Crippen LogP contribution in [0.1, 0.15) is 12.1 Å². The zero-order chi connectivity index (χ0) is 19.0. The van der Waals surface area contributed by atoms with Gasteiger partial charge in [0.15, 0.2) is 23.5 Å². The first-order valence-corrected chi connectivity index (χ1v) is 7.98. The van der Waals surface area contributed by atoms with Crippen LogP contribution >= 0.6 is 0 Å². The highest BCUT2D eigenvalue weighted by Crippen LogP contribution is 2.31. The van der Waals surface area contributed by atoms with Gasteiger partial charge in [-0.2, -0.15) is 5.21 Å². The molecule has 4 heterocycles. The molecule has 0 bridgehead atoms. The first-order valence-electron chi connectivity index (χ1n) is 7.98. The van der Waals surface area contributed by atoms with Crippen molar-refractivity contribution in [3.05, 3.63) is 18.5 Å². The number of rotatable bonds is 5. The van der Waals surface area contributed by atoms with Crippen molar-refractivity contribution in [2.45, 2.75) is 31.0 Å². The number of amides is 1. The smallest absolute Gasteiger partial charge is 0.227 e. The number of carbonyl (C=O) groups is 1. The highest BCUT2D eigenvalue weighted by atomic mass is 16.6. The van der Waals surface area contributed by atoms with Crippen molar-refractivity contribution in [1.29, 1.82) is 0 Å². The Bertz CT molecular complexity index is 944. The molecule has 1 aliphatic heterocycles. The molecule has 4 rings (SSSR count). The van der Waals surface area contributed by atoms with E-state index in [2.05, 4.69) is 40.9 Å². The molecule has 4 atom stereocenters. The second-order valence-electron chi connectivity index (χ2n) is 5.94. The van der Waals surface area contributed by atoms with E-state index in [4.69, 9.17) is 10.5 Å². The molecule has 0 aliphatic carbocycles. The Balaban J connectivity index is 1.44. The minimum absolute atomic E-state index is 0.0187. The first kappa shape index (κ1) is 17.2. The molecule has 1 fully saturated rings. The van der Waals surface area contributed by atoms with Crippen LogP contribution in [0.2, 0.25) is 0 Å². The number of nitrogens with one attached hydrogen (secondary N) is 2. The highest BCUT2D eigenvalue weighted by molar-refractivity contribution is 5.81. The van der Waals surface area contributed by atoms with Crippen molar-refractivity contribution in [2.24, 2.45) is 0 Å². The predicted octanol–water partition coefficient (Wildman–Crippen LogP) is -3.10. The van der Waals surface area contributed by atoms with Gasteiger partial charge in [-0.3, -0.25) is 9.36 Å². The molecule has 3 aromatic rings. The molecule has 1 saturated heterocycles. The maximum atomic E-state index is 11.9. The maximum absolute atomic E-state index is 11.9. The van der Waals surface area contributed by atoms with Crippen molar-refractivity contribution in [2.75, 3.05) is 12.3 Å². The number of nitrogen functional groups attached to an aromatic ring is 1. The quantitative estimate of drug-likeness (QED) is 0.302. The van der Waals surface area contributed by atoms with Crippen LogP contribution in [0.3, 0.4) is 0 Å². The summed E-state index contributed by atoms with van der Waals surface area (Å²) in [4.78, 5) is 24.0. The normalized spacial score (nSPS) is 25.1. The predicted molar refractivity (Wildman–Crippen MR) is 86.6 cm³/mol. The van der Waals surface area contributed by atoms with Gasteiger partial charge in [-0.1, -0.05) is 5.21 Å². The number of imidazole rings is 1. The number of H-pyrrole nitrogens is 1. The molecule has 3 aromatic heterocycles. The molecule has 14 heteroatoms. The molecule has 0 spiro atoms. The van der Waals surface area contributed by atoms with Crippen LogP contribution in [0.5, 0.6) is 0 Å². The zero-order valence-electron chi connectivity index (χ0n) is 13.8. The Labute approximate surface area is 150 Å². The molecule has 0 saturated carbocycles. The lowest BCUT2D eigenvalue weighted by Crippen LogP contribution is -2.40. The molecule has 142 valence electrons. The summed E-state index contributed by atoms with van der Waals surface area (Å²) in [7, 11) is 0. The second kappa shape index (κ2) is 6.82. The average molecular weight is 376 g/mol. The summed E-state index contributed by atoms with van der Waals surface area (Å²) in [5, 5.41) is 36.2. The van der Waals surface area contributed by atoms with E-state index in [-0.39, 0.29) is 30.5 Å². The summed E-state index contributed by atoms with van der Waals surface area (Å²) in [5.41, 5.74) is 6.47. The van der Waals surface area contributed by atoms with Crippen molar-refractivity contribution >= 4 is 22.9 Å². The van der Waals surface area contributed by atoms with Crippen LogP contribution in [0.15, 0.2) is 12.7 Å². The van der Waals surface area contributed by atoms with E-state index in [9.17, 15) is 15.0 Å². The summed E-state index contributed by atoms with van der Waals surface area (Å²) in [5.74, 6) is 0.0521. The van der Waals surface area contributed by atoms with Gasteiger partial charge in [-0.25, -0.2) is 15.0 Å². The highest BCUT2D eigenvalue weighted by Gasteiger charge is 2.44. The fraction of sp³-hybridized carbons (Fsp3) is 0.462. The zero-order valence-corrected chi connectivity index (χ0v) is 13.8. The number of nitrogens with zero attached hydrogens (tertiary/aromatic N) is 7. The topological polar surface area (TPSA) is 203 Å². The molecule has 14 nitrogen and oxygen atoms in total. The molecule has 27 heavy (non-hydrogen) atoms. The van der Waals surface area contributed by atoms with Gasteiger partial charge in [0.25, 0.3) is 0 Å². The number of fused-ring (bicyclic) bond motifs is 1. The minimum Gasteiger partial charge on any atom is -0.387 e. The molecular formula is C13H16N10O4. The van der Waals surface area contributed by atoms with Crippen molar-refractivity contribution in [1.82, 2.24) is 45.5 Å². The lowest BCUT2D eigenvalue weighted by Gasteiger charge is -2.16. The molecular weight excluding hydrogens is 360 g/mol. The van der Waals surface area contributed by atoms with E-state index in [0.29, 0.717) is 11.2 Å². The Morgan fingerprint density at radius 1 is 1.33 bits per heavy atom. The van der Waals surface area contributed by atoms with Crippen molar-refractivity contribution in [3.63, 3.8) is 0 Å². The van der Waals surface area contributed by atoms with Gasteiger partial charge in [-0.15, -0.1) is 10.2 Å². The minimum atomic E-state index is -1.25. The Morgan fingerprint density at radius 3 is 2.96 bits per heavy atom. The summed E-state index contributed by atoms with van der Waals surface area (Å²) in [6.07, 6.45) is -1.67. The number of aromatic nitrogens is 8. The Morgan fingerprint density at radius 2 is 2.19 bits per heavy atom. The number of nitrogens with two attached hydrogens (primary N) is 1. The lowest BCUT2D eigenvalue weighted by atomic mass is 10.1. The van der Waals surface area contributed by atoms with Crippen LogP contribution in [-0.2, 0) is 16.0 Å². The number of ether oxygens (including phenoxy) is 1. The molecule has 0 aromatic carbocycles. The van der Waals surface area contributed by atoms with Gasteiger partial charge >= 0.3 is 0 Å². The number of hydrogen-bond acceptors (Lipinski definition) is 11. The summed E-state index contributed by atoms with van der Waals surface area (Å²) < 4.78 is 7.18. The number of anilines is 1. The second-order valence-corrected chi connectivity index (χ2v) is 5.94. The van der Waals surface area contributed by atoms with Gasteiger partial charge in [0.1, 0.15) is 30.2 Å². The third-order valence-electron chi connectivity index (χ3n) is 4.21. The lowest BCUT2D eigenvalue weighted by molar-refractivity contribution is -0.121. The molecule has 6 N–H and O–H groups in total. The first-order chi connectivity index (χ1) is 13.0. The average Bonchev–Trinajstić information content (AvgIpc) is 3.36. The number of hydrogen-bond donors (Lipinski definition) is 5. The van der Waals surface area contributed by atoms with Crippen LogP contribution < -0.4 is 11.1 Å². The Hall–Kier alpha value is -3.23. The fourth-order valence-electron chi connectivity index (χ4n) is 2.86. The summed E-state index contributed by atoms with van der Waals surface area (Å²) in [6, 6.07) is 0. The van der Waals surface area contributed by atoms with Gasteiger partial charge in [-0.05, 0) is 0 Å². The number of tetrazole rings is 1. The Kier molecular flexibility index (Phi) is 4.35. The maximum Gasteiger partial charge on any atom is 0.227 e. The third-order valence-corrected chi connectivity index (χ3v) is 4.21. The number of aliphatic hydroxyl groups excluding tert-OH is 2. The van der Waals surface area contributed by atoms with Gasteiger partial charge < -0.3 is 26.0 Å². The summed E-state index contributed by atoms with van der Waals surface area (Å²) >= 11 is 0. The summed E-state index contributed by atoms with van der Waals surface area (Å²) in [6.45, 7) is -0.0187. The van der Waals surface area contributed by atoms with Crippen LogP contribution in [-0.4, -0.2) is 81.1 Å². The molecule has 1 aliphatic rings. The largest absolute Gasteiger partial charge is 0.387 e. The SMILES string of the molecule is Nc1ncnc2c1ncn2[C@@H]1O[C@H](CNC(=O)Cc2nn[nH]n2)[C@@H](O)[C@H]1O. The number of aliphatic hydroxyl groups is 2. The van der Waals surface area contributed by atoms with Crippen molar-refractivity contribution < 1.29 is 19.7 Å². The van der Waals surface area contributed by atoms with Crippen LogP contribution in [0.25, 0.3) is 11.2 Å². The van der Waals surface area contributed by atoms with Crippen LogP contribution in [0.4, 0.5) is 5.82 Å². The van der Waals surface area contributed by atoms with E-state index in [1.165, 1.54) is 17.2 Å². The molecule has 1 amide bonds. The van der Waals surface area contributed by atoms with E-state index < -0.39 is 24.5 Å². The molecule has 0 radical (unpaired) electrons. The fourth-order valence-corrected chi connectivity index (χ4v) is 2.86. The standard InChI is InChI=1S/C13H16N10O4/c14-11-8-12(17-3-16-11)23(4-18-8)13-10(26)9(25)5(27-13)2-15-7(24)1-6-19-21-22-20-6/h3-5,9-10,13,25-26H,1-2H2,(H,15,24)(H2,14,16,17)(H,19,20,21,22)/t5-,9-,10-,13-/m1/s1. The van der Waals surface area contributed by atoms with Gasteiger partial charge in [0, 0.05) is 6.54 Å². The number of carbonyl (C=O) groups excluding carboxylic acids is 1. The van der Waals surface area contributed by atoms with E-state index in [1.807, 2.05) is 0 Å². The van der Waals surface area contributed by atoms with Crippen LogP contribution in [0, 0.1) is 0 Å². The van der Waals surface area contributed by atoms with E-state index in [0.717, 1.165) is 0 Å². The van der Waals surface area contributed by atoms with Gasteiger partial charge in [0.2, 0.25) is 5.91 Å². The molecule has 0 unspecified atom stereocenters.